The van der Waals surface area contributed by atoms with Gasteiger partial charge in [-0.3, -0.25) is 0 Å². The Morgan fingerprint density at radius 2 is 1.87 bits per heavy atom. The van der Waals surface area contributed by atoms with E-state index in [0.717, 1.165) is 22.5 Å². The number of anilines is 1. The standard InChI is InChI=1S/C19H17N3O/c1-23-19(11-20)12-22(13-19)18-9-5-3-7-15(18)17-10-14-6-2-4-8-16(14)21-17/h2-10,21H,12-13H2,1H3. The highest BCUT2D eigenvalue weighted by molar-refractivity contribution is 5.89. The van der Waals surface area contributed by atoms with E-state index in [4.69, 9.17) is 4.74 Å². The molecule has 1 aliphatic heterocycles. The number of ether oxygens (including phenoxy) is 1. The van der Waals surface area contributed by atoms with E-state index >= 15 is 0 Å². The van der Waals surface area contributed by atoms with Crippen LogP contribution in [0.4, 0.5) is 5.69 Å². The van der Waals surface area contributed by atoms with Gasteiger partial charge in [0.05, 0.1) is 13.1 Å². The molecule has 0 aliphatic carbocycles. The highest BCUT2D eigenvalue weighted by Crippen LogP contribution is 2.37. The Hall–Kier alpha value is -2.77. The van der Waals surface area contributed by atoms with Crippen molar-refractivity contribution in [3.63, 3.8) is 0 Å². The molecule has 23 heavy (non-hydrogen) atoms. The Kier molecular flexibility index (Phi) is 3.10. The van der Waals surface area contributed by atoms with Crippen molar-refractivity contribution in [3.8, 4) is 17.3 Å². The van der Waals surface area contributed by atoms with Gasteiger partial charge in [-0.15, -0.1) is 0 Å². The van der Waals surface area contributed by atoms with Crippen LogP contribution < -0.4 is 4.90 Å². The third-order valence-corrected chi connectivity index (χ3v) is 4.55. The molecule has 3 aromatic rings. The van der Waals surface area contributed by atoms with Crippen LogP contribution in [0, 0.1) is 11.3 Å². The normalized spacial score (nSPS) is 16.1. The lowest BCUT2D eigenvalue weighted by molar-refractivity contribution is 0.0156. The number of para-hydroxylation sites is 2. The Bertz CT molecular complexity index is 867. The second-order valence-electron chi connectivity index (χ2n) is 5.95. The number of aromatic nitrogens is 1. The number of rotatable bonds is 3. The summed E-state index contributed by atoms with van der Waals surface area (Å²) in [6.07, 6.45) is 0. The first kappa shape index (κ1) is 13.9. The summed E-state index contributed by atoms with van der Waals surface area (Å²) in [4.78, 5) is 5.67. The lowest BCUT2D eigenvalue weighted by atomic mass is 9.93. The minimum Gasteiger partial charge on any atom is -0.363 e. The first-order valence-corrected chi connectivity index (χ1v) is 7.63. The minimum absolute atomic E-state index is 0.594. The third kappa shape index (κ3) is 2.18. The van der Waals surface area contributed by atoms with Crippen LogP contribution >= 0.6 is 0 Å². The van der Waals surface area contributed by atoms with Gasteiger partial charge in [0, 0.05) is 35.0 Å². The molecule has 1 aliphatic rings. The molecule has 0 amide bonds. The predicted octanol–water partition coefficient (Wildman–Crippen LogP) is 3.56. The molecule has 114 valence electrons. The average molecular weight is 303 g/mol. The molecule has 4 nitrogen and oxygen atoms in total. The summed E-state index contributed by atoms with van der Waals surface area (Å²) < 4.78 is 5.36. The molecular formula is C19H17N3O. The van der Waals surface area contributed by atoms with E-state index in [2.05, 4.69) is 46.3 Å². The van der Waals surface area contributed by atoms with Gasteiger partial charge in [0.25, 0.3) is 0 Å². The van der Waals surface area contributed by atoms with Crippen LogP contribution in [0.3, 0.4) is 0 Å². The van der Waals surface area contributed by atoms with Crippen LogP contribution in [0.5, 0.6) is 0 Å². The van der Waals surface area contributed by atoms with E-state index in [0.29, 0.717) is 13.1 Å². The van der Waals surface area contributed by atoms with Gasteiger partial charge < -0.3 is 14.6 Å². The maximum atomic E-state index is 9.27. The van der Waals surface area contributed by atoms with E-state index in [1.807, 2.05) is 24.3 Å². The SMILES string of the molecule is COC1(C#N)CN(c2ccccc2-c2cc3ccccc3[nH]2)C1. The summed E-state index contributed by atoms with van der Waals surface area (Å²) in [5.74, 6) is 0. The Balaban J connectivity index is 1.72. The molecule has 2 heterocycles. The van der Waals surface area contributed by atoms with E-state index in [1.165, 1.54) is 5.39 Å². The summed E-state index contributed by atoms with van der Waals surface area (Å²) in [6, 6.07) is 21.0. The minimum atomic E-state index is -0.673. The van der Waals surface area contributed by atoms with Crippen molar-refractivity contribution in [2.45, 2.75) is 5.60 Å². The fourth-order valence-electron chi connectivity index (χ4n) is 3.18. The van der Waals surface area contributed by atoms with Crippen molar-refractivity contribution in [1.82, 2.24) is 4.98 Å². The zero-order valence-electron chi connectivity index (χ0n) is 12.9. The number of H-pyrrole nitrogens is 1. The van der Waals surface area contributed by atoms with Gasteiger partial charge in [0.15, 0.2) is 5.60 Å². The molecule has 0 saturated carbocycles. The largest absolute Gasteiger partial charge is 0.363 e. The second-order valence-corrected chi connectivity index (χ2v) is 5.95. The molecule has 0 radical (unpaired) electrons. The van der Waals surface area contributed by atoms with E-state index in [9.17, 15) is 5.26 Å². The van der Waals surface area contributed by atoms with Gasteiger partial charge in [-0.05, 0) is 18.2 Å². The van der Waals surface area contributed by atoms with Crippen molar-refractivity contribution in [1.29, 1.82) is 5.26 Å². The van der Waals surface area contributed by atoms with Crippen LogP contribution in [0.25, 0.3) is 22.2 Å². The second kappa shape index (κ2) is 5.15. The predicted molar refractivity (Wildman–Crippen MR) is 91.3 cm³/mol. The Morgan fingerprint density at radius 1 is 1.13 bits per heavy atom. The van der Waals surface area contributed by atoms with Crippen molar-refractivity contribution < 1.29 is 4.74 Å². The molecular weight excluding hydrogens is 286 g/mol. The van der Waals surface area contributed by atoms with Crippen LogP contribution in [-0.2, 0) is 4.74 Å². The number of nitrogens with one attached hydrogen (secondary N) is 1. The first-order valence-electron chi connectivity index (χ1n) is 7.63. The summed E-state index contributed by atoms with van der Waals surface area (Å²) >= 11 is 0. The van der Waals surface area contributed by atoms with Gasteiger partial charge in [-0.2, -0.15) is 5.26 Å². The highest BCUT2D eigenvalue weighted by atomic mass is 16.5. The molecule has 0 bridgehead atoms. The van der Waals surface area contributed by atoms with Crippen molar-refractivity contribution in [2.24, 2.45) is 0 Å². The smallest absolute Gasteiger partial charge is 0.188 e. The van der Waals surface area contributed by atoms with Gasteiger partial charge in [-0.25, -0.2) is 0 Å². The summed E-state index contributed by atoms with van der Waals surface area (Å²) in [6.45, 7) is 1.19. The molecule has 4 heteroatoms. The lowest BCUT2D eigenvalue weighted by Gasteiger charge is -2.46. The van der Waals surface area contributed by atoms with E-state index < -0.39 is 5.60 Å². The van der Waals surface area contributed by atoms with Crippen molar-refractivity contribution in [3.05, 3.63) is 54.6 Å². The number of fused-ring (bicyclic) bond motifs is 1. The van der Waals surface area contributed by atoms with Gasteiger partial charge in [-0.1, -0.05) is 36.4 Å². The molecule has 1 N–H and O–H groups in total. The molecule has 2 aromatic carbocycles. The highest BCUT2D eigenvalue weighted by Gasteiger charge is 2.44. The maximum Gasteiger partial charge on any atom is 0.188 e. The lowest BCUT2D eigenvalue weighted by Crippen LogP contribution is -2.62. The Morgan fingerprint density at radius 3 is 2.61 bits per heavy atom. The zero-order valence-corrected chi connectivity index (χ0v) is 12.9. The quantitative estimate of drug-likeness (QED) is 0.805. The number of hydrogen-bond acceptors (Lipinski definition) is 3. The van der Waals surface area contributed by atoms with Crippen LogP contribution in [0.15, 0.2) is 54.6 Å². The summed E-state index contributed by atoms with van der Waals surface area (Å²) in [7, 11) is 1.60. The van der Waals surface area contributed by atoms with Gasteiger partial charge >= 0.3 is 0 Å². The molecule has 4 rings (SSSR count). The van der Waals surface area contributed by atoms with Crippen LogP contribution in [0.1, 0.15) is 0 Å². The third-order valence-electron chi connectivity index (χ3n) is 4.55. The molecule has 1 fully saturated rings. The topological polar surface area (TPSA) is 52.0 Å². The summed E-state index contributed by atoms with van der Waals surface area (Å²) in [5, 5.41) is 10.5. The monoisotopic (exact) mass is 303 g/mol. The van der Waals surface area contributed by atoms with Crippen molar-refractivity contribution >= 4 is 16.6 Å². The number of aromatic amines is 1. The molecule has 1 aromatic heterocycles. The fourth-order valence-corrected chi connectivity index (χ4v) is 3.18. The van der Waals surface area contributed by atoms with E-state index in [-0.39, 0.29) is 0 Å². The van der Waals surface area contributed by atoms with Crippen LogP contribution in [0.2, 0.25) is 0 Å². The van der Waals surface area contributed by atoms with Crippen LogP contribution in [-0.4, -0.2) is 30.8 Å². The Labute approximate surface area is 134 Å². The number of nitriles is 1. The number of nitrogens with zero attached hydrogens (tertiary/aromatic N) is 2. The zero-order chi connectivity index (χ0) is 15.9. The first-order chi connectivity index (χ1) is 11.2. The fraction of sp³-hybridized carbons (Fsp3) is 0.211. The number of hydrogen-bond donors (Lipinski definition) is 1. The maximum absolute atomic E-state index is 9.27. The molecule has 0 atom stereocenters. The average Bonchev–Trinajstić information content (AvgIpc) is 2.99. The van der Waals surface area contributed by atoms with Crippen molar-refractivity contribution in [2.75, 3.05) is 25.1 Å². The number of benzene rings is 2. The molecule has 0 spiro atoms. The summed E-state index contributed by atoms with van der Waals surface area (Å²) in [5.41, 5.74) is 3.82. The van der Waals surface area contributed by atoms with E-state index in [1.54, 1.807) is 7.11 Å². The molecule has 0 unspecified atom stereocenters. The van der Waals surface area contributed by atoms with Gasteiger partial charge in [0.2, 0.25) is 0 Å². The number of methoxy groups -OCH3 is 1. The van der Waals surface area contributed by atoms with Gasteiger partial charge in [0.1, 0.15) is 6.07 Å². The molecule has 1 saturated heterocycles.